The maximum Gasteiger partial charge on any atom is 0.418 e. The first-order valence-electron chi connectivity index (χ1n) is 9.68. The number of hydrogen-bond donors (Lipinski definition) is 2. The third kappa shape index (κ3) is 6.75. The second-order valence-corrected chi connectivity index (χ2v) is 9.07. The number of rotatable bonds is 8. The van der Waals surface area contributed by atoms with Crippen molar-refractivity contribution in [3.05, 3.63) is 59.9 Å². The first-order chi connectivity index (χ1) is 15.2. The van der Waals surface area contributed by atoms with Gasteiger partial charge in [0.15, 0.2) is 6.10 Å². The van der Waals surface area contributed by atoms with Gasteiger partial charge in [0.25, 0.3) is 5.91 Å². The van der Waals surface area contributed by atoms with Crippen molar-refractivity contribution < 1.29 is 40.3 Å². The molecule has 2 rings (SSSR count). The van der Waals surface area contributed by atoms with Crippen LogP contribution in [0.4, 0.5) is 23.2 Å². The number of carbonyl (C=O) groups excluding carboxylic acids is 2. The average molecular weight is 490 g/mol. The van der Waals surface area contributed by atoms with Gasteiger partial charge in [-0.2, -0.15) is 17.9 Å². The second kappa shape index (κ2) is 10.3. The van der Waals surface area contributed by atoms with Gasteiger partial charge in [-0.05, 0) is 37.1 Å². The van der Waals surface area contributed by atoms with Crippen molar-refractivity contribution in [1.82, 2.24) is 4.72 Å². The Morgan fingerprint density at radius 2 is 1.55 bits per heavy atom. The number of esters is 1. The van der Waals surface area contributed by atoms with Crippen molar-refractivity contribution in [2.24, 2.45) is 5.92 Å². The van der Waals surface area contributed by atoms with Crippen molar-refractivity contribution in [3.8, 4) is 0 Å². The summed E-state index contributed by atoms with van der Waals surface area (Å²) in [5.74, 6) is -3.91. The number of benzene rings is 2. The molecule has 0 aliphatic carbocycles. The van der Waals surface area contributed by atoms with E-state index in [0.29, 0.717) is 0 Å². The molecule has 0 spiro atoms. The molecule has 0 saturated carbocycles. The van der Waals surface area contributed by atoms with Gasteiger partial charge in [-0.1, -0.05) is 38.1 Å². The molecule has 0 radical (unpaired) electrons. The molecular weight excluding hydrogens is 468 g/mol. The lowest BCUT2D eigenvalue weighted by atomic mass is 10.1. The maximum atomic E-state index is 13.9. The summed E-state index contributed by atoms with van der Waals surface area (Å²) in [6.45, 7) is 4.09. The SMILES string of the molecule is CC(OC(=O)[C@@H](NS(=O)(=O)c1ccccc1F)C(C)C)C(=O)Nc1ccccc1C(F)(F)F. The van der Waals surface area contributed by atoms with E-state index < -0.39 is 68.1 Å². The van der Waals surface area contributed by atoms with Gasteiger partial charge in [0.05, 0.1) is 11.3 Å². The zero-order chi connectivity index (χ0) is 25.0. The Balaban J connectivity index is 2.14. The summed E-state index contributed by atoms with van der Waals surface area (Å²) in [6, 6.07) is 7.28. The highest BCUT2D eigenvalue weighted by Crippen LogP contribution is 2.34. The molecule has 0 saturated heterocycles. The normalized spacial score (nSPS) is 13.9. The topological polar surface area (TPSA) is 102 Å². The van der Waals surface area contributed by atoms with Crippen molar-refractivity contribution in [1.29, 1.82) is 0 Å². The fraction of sp³-hybridized carbons (Fsp3) is 0.333. The van der Waals surface area contributed by atoms with Gasteiger partial charge in [0, 0.05) is 0 Å². The Hall–Kier alpha value is -2.99. The molecule has 0 bridgehead atoms. The summed E-state index contributed by atoms with van der Waals surface area (Å²) in [5, 5.41) is 2.05. The van der Waals surface area contributed by atoms with Crippen LogP contribution in [0.2, 0.25) is 0 Å². The minimum atomic E-state index is -4.72. The first-order valence-corrected chi connectivity index (χ1v) is 11.2. The minimum absolute atomic E-state index is 0.529. The van der Waals surface area contributed by atoms with E-state index in [4.69, 9.17) is 4.74 Å². The number of amides is 1. The lowest BCUT2D eigenvalue weighted by Crippen LogP contribution is -2.47. The summed E-state index contributed by atoms with van der Waals surface area (Å²) in [5.41, 5.74) is -1.62. The van der Waals surface area contributed by atoms with Crippen LogP contribution in [0.5, 0.6) is 0 Å². The molecule has 33 heavy (non-hydrogen) atoms. The third-order valence-electron chi connectivity index (χ3n) is 4.48. The summed E-state index contributed by atoms with van der Waals surface area (Å²) in [6.07, 6.45) is -6.28. The summed E-state index contributed by atoms with van der Waals surface area (Å²) in [4.78, 5) is 24.2. The zero-order valence-electron chi connectivity index (χ0n) is 17.8. The van der Waals surface area contributed by atoms with Crippen LogP contribution in [0.1, 0.15) is 26.3 Å². The van der Waals surface area contributed by atoms with Crippen LogP contribution in [0, 0.1) is 11.7 Å². The number of anilines is 1. The Labute approximate surface area is 188 Å². The van der Waals surface area contributed by atoms with E-state index in [0.717, 1.165) is 37.3 Å². The van der Waals surface area contributed by atoms with E-state index in [1.807, 2.05) is 10.0 Å². The molecule has 12 heteroatoms. The fourth-order valence-electron chi connectivity index (χ4n) is 2.72. The highest BCUT2D eigenvalue weighted by atomic mass is 32.2. The number of ether oxygens (including phenoxy) is 1. The van der Waals surface area contributed by atoms with E-state index in [1.165, 1.54) is 32.0 Å². The maximum absolute atomic E-state index is 13.9. The van der Waals surface area contributed by atoms with E-state index in [9.17, 15) is 35.6 Å². The Kier molecular flexibility index (Phi) is 8.20. The second-order valence-electron chi connectivity index (χ2n) is 7.39. The van der Waals surface area contributed by atoms with Crippen LogP contribution in [0.15, 0.2) is 53.4 Å². The minimum Gasteiger partial charge on any atom is -0.451 e. The molecule has 2 aromatic rings. The number of carbonyl (C=O) groups is 2. The molecule has 0 heterocycles. The molecule has 2 atom stereocenters. The lowest BCUT2D eigenvalue weighted by Gasteiger charge is -2.23. The molecular formula is C21H22F4N2O5S. The van der Waals surface area contributed by atoms with Gasteiger partial charge >= 0.3 is 12.1 Å². The van der Waals surface area contributed by atoms with E-state index in [1.54, 1.807) is 0 Å². The summed E-state index contributed by atoms with van der Waals surface area (Å²) < 4.78 is 85.3. The van der Waals surface area contributed by atoms with Gasteiger partial charge in [0.1, 0.15) is 16.8 Å². The van der Waals surface area contributed by atoms with Crippen LogP contribution < -0.4 is 10.0 Å². The summed E-state index contributed by atoms with van der Waals surface area (Å²) >= 11 is 0. The molecule has 0 aliphatic rings. The summed E-state index contributed by atoms with van der Waals surface area (Å²) in [7, 11) is -4.46. The molecule has 2 N–H and O–H groups in total. The van der Waals surface area contributed by atoms with Crippen molar-refractivity contribution >= 4 is 27.6 Å². The van der Waals surface area contributed by atoms with Gasteiger partial charge < -0.3 is 10.1 Å². The highest BCUT2D eigenvalue weighted by Gasteiger charge is 2.35. The number of hydrogen-bond acceptors (Lipinski definition) is 5. The third-order valence-corrected chi connectivity index (χ3v) is 5.96. The van der Waals surface area contributed by atoms with Gasteiger partial charge in [0.2, 0.25) is 10.0 Å². The van der Waals surface area contributed by atoms with E-state index >= 15 is 0 Å². The quantitative estimate of drug-likeness (QED) is 0.434. The molecule has 7 nitrogen and oxygen atoms in total. The van der Waals surface area contributed by atoms with Crippen LogP contribution in [0.25, 0.3) is 0 Å². The number of para-hydroxylation sites is 1. The number of sulfonamides is 1. The monoisotopic (exact) mass is 490 g/mol. The number of halogens is 4. The van der Waals surface area contributed by atoms with Crippen LogP contribution >= 0.6 is 0 Å². The van der Waals surface area contributed by atoms with Gasteiger partial charge in [-0.3, -0.25) is 9.59 Å². The smallest absolute Gasteiger partial charge is 0.418 e. The van der Waals surface area contributed by atoms with Crippen molar-refractivity contribution in [3.63, 3.8) is 0 Å². The largest absolute Gasteiger partial charge is 0.451 e. The molecule has 0 fully saturated rings. The zero-order valence-corrected chi connectivity index (χ0v) is 18.6. The van der Waals surface area contributed by atoms with Gasteiger partial charge in [-0.25, -0.2) is 12.8 Å². The van der Waals surface area contributed by atoms with E-state index in [-0.39, 0.29) is 0 Å². The fourth-order valence-corrected chi connectivity index (χ4v) is 4.14. The van der Waals surface area contributed by atoms with Crippen LogP contribution in [-0.2, 0) is 30.5 Å². The van der Waals surface area contributed by atoms with Crippen LogP contribution in [0.3, 0.4) is 0 Å². The average Bonchev–Trinajstić information content (AvgIpc) is 2.71. The molecule has 0 aliphatic heterocycles. The molecule has 1 unspecified atom stereocenters. The van der Waals surface area contributed by atoms with Crippen molar-refractivity contribution in [2.75, 3.05) is 5.32 Å². The number of nitrogens with one attached hydrogen (secondary N) is 2. The Morgan fingerprint density at radius 1 is 0.970 bits per heavy atom. The standard InChI is InChI=1S/C21H22F4N2O5S/c1-12(2)18(27-33(30,31)17-11-7-5-9-15(17)22)20(29)32-13(3)19(28)26-16-10-6-4-8-14(16)21(23,24)25/h4-13,18,27H,1-3H3,(H,26,28)/t13?,18-/m0/s1. The van der Waals surface area contributed by atoms with E-state index in [2.05, 4.69) is 0 Å². The molecule has 1 amide bonds. The Morgan fingerprint density at radius 3 is 2.12 bits per heavy atom. The molecule has 2 aromatic carbocycles. The predicted molar refractivity (Wildman–Crippen MR) is 111 cm³/mol. The first kappa shape index (κ1) is 26.3. The Bertz CT molecular complexity index is 1120. The highest BCUT2D eigenvalue weighted by molar-refractivity contribution is 7.89. The van der Waals surface area contributed by atoms with Crippen molar-refractivity contribution in [2.45, 2.75) is 44.0 Å². The van der Waals surface area contributed by atoms with Crippen LogP contribution in [-0.4, -0.2) is 32.4 Å². The molecule has 180 valence electrons. The number of alkyl halides is 3. The molecule has 0 aromatic heterocycles. The lowest BCUT2D eigenvalue weighted by molar-refractivity contribution is -0.155. The van der Waals surface area contributed by atoms with Gasteiger partial charge in [-0.15, -0.1) is 0 Å². The predicted octanol–water partition coefficient (Wildman–Crippen LogP) is 3.72.